The molecule has 5 heteroatoms. The van der Waals surface area contributed by atoms with Gasteiger partial charge in [0.05, 0.1) is 13.2 Å². The summed E-state index contributed by atoms with van der Waals surface area (Å²) in [4.78, 5) is 13.5. The molecule has 0 spiro atoms. The van der Waals surface area contributed by atoms with E-state index < -0.39 is 0 Å². The summed E-state index contributed by atoms with van der Waals surface area (Å²) in [5.74, 6) is 0. The minimum absolute atomic E-state index is 0.0545. The summed E-state index contributed by atoms with van der Waals surface area (Å²) in [7, 11) is 1.39. The molecule has 1 aromatic rings. The smallest absolute Gasteiger partial charge is 0.407 e. The standard InChI is InChI=1S/C15H23N3O2/c1-3-13(16)12-6-4-5-7-14(12)18-9-8-11(10-18)17-15(19)20-2/h4-7,11,13H,3,8-10,16H2,1-2H3,(H,17,19)/t11?,13-/m0/s1. The highest BCUT2D eigenvalue weighted by Gasteiger charge is 2.26. The fourth-order valence-electron chi connectivity index (χ4n) is 2.63. The average Bonchev–Trinajstić information content (AvgIpc) is 2.94. The van der Waals surface area contributed by atoms with Crippen molar-refractivity contribution in [3.8, 4) is 0 Å². The maximum absolute atomic E-state index is 11.3. The van der Waals surface area contributed by atoms with E-state index in [9.17, 15) is 4.79 Å². The maximum Gasteiger partial charge on any atom is 0.407 e. The van der Waals surface area contributed by atoms with Crippen LogP contribution in [0.1, 0.15) is 31.4 Å². The topological polar surface area (TPSA) is 67.6 Å². The first kappa shape index (κ1) is 14.7. The van der Waals surface area contributed by atoms with E-state index in [0.717, 1.165) is 25.9 Å². The predicted octanol–water partition coefficient (Wildman–Crippen LogP) is 2.03. The molecule has 1 heterocycles. The van der Waals surface area contributed by atoms with Crippen LogP contribution in [0.3, 0.4) is 0 Å². The molecule has 0 aliphatic carbocycles. The molecule has 2 atom stereocenters. The van der Waals surface area contributed by atoms with Gasteiger partial charge in [0, 0.05) is 24.8 Å². The van der Waals surface area contributed by atoms with Gasteiger partial charge in [-0.15, -0.1) is 0 Å². The van der Waals surface area contributed by atoms with Gasteiger partial charge in [-0.2, -0.15) is 0 Å². The van der Waals surface area contributed by atoms with Gasteiger partial charge in [-0.05, 0) is 24.5 Å². The van der Waals surface area contributed by atoms with Crippen LogP contribution in [0.15, 0.2) is 24.3 Å². The number of carbonyl (C=O) groups excluding carboxylic acids is 1. The van der Waals surface area contributed by atoms with Gasteiger partial charge in [-0.25, -0.2) is 4.79 Å². The Kier molecular flexibility index (Phi) is 4.84. The average molecular weight is 277 g/mol. The lowest BCUT2D eigenvalue weighted by molar-refractivity contribution is 0.167. The molecule has 5 nitrogen and oxygen atoms in total. The molecule has 2 rings (SSSR count). The Hall–Kier alpha value is -1.75. The second-order valence-electron chi connectivity index (χ2n) is 5.14. The van der Waals surface area contributed by atoms with E-state index in [4.69, 9.17) is 5.73 Å². The number of ether oxygens (including phenoxy) is 1. The molecule has 110 valence electrons. The summed E-state index contributed by atoms with van der Waals surface area (Å²) >= 11 is 0. The lowest BCUT2D eigenvalue weighted by Crippen LogP contribution is -2.37. The number of benzene rings is 1. The monoisotopic (exact) mass is 277 g/mol. The van der Waals surface area contributed by atoms with Crippen molar-refractivity contribution >= 4 is 11.8 Å². The number of hydrogen-bond acceptors (Lipinski definition) is 4. The Morgan fingerprint density at radius 3 is 3.00 bits per heavy atom. The van der Waals surface area contributed by atoms with Crippen molar-refractivity contribution in [3.05, 3.63) is 29.8 Å². The number of alkyl carbamates (subject to hydrolysis) is 1. The normalized spacial score (nSPS) is 19.8. The van der Waals surface area contributed by atoms with Crippen LogP contribution in [-0.4, -0.2) is 32.3 Å². The molecule has 0 bridgehead atoms. The highest BCUT2D eigenvalue weighted by molar-refractivity contribution is 5.67. The number of methoxy groups -OCH3 is 1. The van der Waals surface area contributed by atoms with E-state index in [-0.39, 0.29) is 18.2 Å². The number of nitrogens with one attached hydrogen (secondary N) is 1. The Bertz CT molecular complexity index is 464. The molecule has 1 aromatic carbocycles. The predicted molar refractivity (Wildman–Crippen MR) is 79.8 cm³/mol. The van der Waals surface area contributed by atoms with E-state index >= 15 is 0 Å². The van der Waals surface area contributed by atoms with Gasteiger partial charge >= 0.3 is 6.09 Å². The van der Waals surface area contributed by atoms with Crippen molar-refractivity contribution in [2.75, 3.05) is 25.1 Å². The molecule has 0 radical (unpaired) electrons. The Morgan fingerprint density at radius 1 is 1.55 bits per heavy atom. The third kappa shape index (κ3) is 3.22. The minimum Gasteiger partial charge on any atom is -0.453 e. The third-order valence-electron chi connectivity index (χ3n) is 3.81. The summed E-state index contributed by atoms with van der Waals surface area (Å²) in [6.07, 6.45) is 1.47. The van der Waals surface area contributed by atoms with Crippen LogP contribution < -0.4 is 16.0 Å². The Morgan fingerprint density at radius 2 is 2.30 bits per heavy atom. The van der Waals surface area contributed by atoms with Crippen molar-refractivity contribution in [2.24, 2.45) is 5.73 Å². The Labute approximate surface area is 120 Å². The van der Waals surface area contributed by atoms with Crippen LogP contribution in [0, 0.1) is 0 Å². The fourth-order valence-corrected chi connectivity index (χ4v) is 2.63. The quantitative estimate of drug-likeness (QED) is 0.883. The molecular weight excluding hydrogens is 254 g/mol. The van der Waals surface area contributed by atoms with Gasteiger partial charge in [0.2, 0.25) is 0 Å². The summed E-state index contributed by atoms with van der Waals surface area (Å²) in [6.45, 7) is 3.80. The molecule has 1 amide bonds. The zero-order chi connectivity index (χ0) is 14.5. The van der Waals surface area contributed by atoms with Crippen molar-refractivity contribution in [2.45, 2.75) is 31.8 Å². The maximum atomic E-state index is 11.3. The van der Waals surface area contributed by atoms with Gasteiger partial charge in [0.15, 0.2) is 0 Å². The molecule has 1 aliphatic heterocycles. The largest absolute Gasteiger partial charge is 0.453 e. The number of hydrogen-bond donors (Lipinski definition) is 2. The van der Waals surface area contributed by atoms with Crippen LogP contribution in [0.5, 0.6) is 0 Å². The number of nitrogens with zero attached hydrogens (tertiary/aromatic N) is 1. The number of nitrogens with two attached hydrogens (primary N) is 1. The van der Waals surface area contributed by atoms with Gasteiger partial charge in [0.25, 0.3) is 0 Å². The lowest BCUT2D eigenvalue weighted by Gasteiger charge is -2.24. The molecule has 1 fully saturated rings. The molecule has 1 unspecified atom stereocenters. The van der Waals surface area contributed by atoms with Crippen LogP contribution in [-0.2, 0) is 4.74 Å². The molecule has 0 aromatic heterocycles. The zero-order valence-electron chi connectivity index (χ0n) is 12.1. The molecule has 20 heavy (non-hydrogen) atoms. The highest BCUT2D eigenvalue weighted by Crippen LogP contribution is 2.29. The van der Waals surface area contributed by atoms with Crippen molar-refractivity contribution in [1.82, 2.24) is 5.32 Å². The first-order valence-electron chi connectivity index (χ1n) is 7.09. The minimum atomic E-state index is -0.365. The van der Waals surface area contributed by atoms with Crippen LogP contribution >= 0.6 is 0 Å². The SMILES string of the molecule is CC[C@H](N)c1ccccc1N1CCC(NC(=O)OC)C1. The molecule has 0 saturated carbocycles. The van der Waals surface area contributed by atoms with Gasteiger partial charge in [0.1, 0.15) is 0 Å². The van der Waals surface area contributed by atoms with E-state index in [1.54, 1.807) is 0 Å². The first-order valence-corrected chi connectivity index (χ1v) is 7.09. The number of amides is 1. The molecule has 1 saturated heterocycles. The third-order valence-corrected chi connectivity index (χ3v) is 3.81. The highest BCUT2D eigenvalue weighted by atomic mass is 16.5. The summed E-state index contributed by atoms with van der Waals surface area (Å²) in [6, 6.07) is 8.43. The summed E-state index contributed by atoms with van der Waals surface area (Å²) in [5.41, 5.74) is 8.53. The number of rotatable bonds is 4. The summed E-state index contributed by atoms with van der Waals surface area (Å²) in [5, 5.41) is 2.86. The van der Waals surface area contributed by atoms with E-state index in [1.165, 1.54) is 18.4 Å². The molecule has 1 aliphatic rings. The van der Waals surface area contributed by atoms with E-state index in [1.807, 2.05) is 12.1 Å². The Balaban J connectivity index is 2.08. The molecule has 3 N–H and O–H groups in total. The van der Waals surface area contributed by atoms with Crippen molar-refractivity contribution in [3.63, 3.8) is 0 Å². The number of carbonyl (C=O) groups is 1. The second-order valence-corrected chi connectivity index (χ2v) is 5.14. The van der Waals surface area contributed by atoms with Gasteiger partial charge in [-0.3, -0.25) is 0 Å². The fraction of sp³-hybridized carbons (Fsp3) is 0.533. The molecular formula is C15H23N3O2. The van der Waals surface area contributed by atoms with Gasteiger partial charge < -0.3 is 20.7 Å². The van der Waals surface area contributed by atoms with Gasteiger partial charge in [-0.1, -0.05) is 25.1 Å². The van der Waals surface area contributed by atoms with Crippen LogP contribution in [0.2, 0.25) is 0 Å². The second kappa shape index (κ2) is 6.61. The summed E-state index contributed by atoms with van der Waals surface area (Å²) < 4.78 is 4.64. The van der Waals surface area contributed by atoms with Crippen molar-refractivity contribution < 1.29 is 9.53 Å². The van der Waals surface area contributed by atoms with Crippen LogP contribution in [0.25, 0.3) is 0 Å². The zero-order valence-corrected chi connectivity index (χ0v) is 12.1. The number of anilines is 1. The first-order chi connectivity index (χ1) is 9.65. The van der Waals surface area contributed by atoms with E-state index in [0.29, 0.717) is 0 Å². The van der Waals surface area contributed by atoms with Crippen LogP contribution in [0.4, 0.5) is 10.5 Å². The lowest BCUT2D eigenvalue weighted by atomic mass is 10.0. The van der Waals surface area contributed by atoms with E-state index in [2.05, 4.69) is 34.0 Å². The van der Waals surface area contributed by atoms with Crippen molar-refractivity contribution in [1.29, 1.82) is 0 Å². The number of para-hydroxylation sites is 1.